The number of amides is 2. The lowest BCUT2D eigenvalue weighted by Gasteiger charge is -2.06. The predicted octanol–water partition coefficient (Wildman–Crippen LogP) is 3.81. The van der Waals surface area contributed by atoms with Gasteiger partial charge in [-0.3, -0.25) is 9.59 Å². The van der Waals surface area contributed by atoms with Crippen LogP contribution in [0, 0.1) is 0 Å². The standard InChI is InChI=1S/C16H12ClN3O2S2/c17-13-2-1-10(5-12(13)15(18)22)19-14(21)6-11-8-24-16(20-11)9-3-4-23-7-9/h1-5,7-8H,6H2,(H2,18,22)(H,19,21). The molecule has 0 saturated carbocycles. The van der Waals surface area contributed by atoms with E-state index in [4.69, 9.17) is 17.3 Å². The zero-order chi connectivity index (χ0) is 17.1. The van der Waals surface area contributed by atoms with Crippen LogP contribution in [0.3, 0.4) is 0 Å². The number of primary amides is 1. The number of hydrogen-bond donors (Lipinski definition) is 2. The molecule has 0 aliphatic rings. The van der Waals surface area contributed by atoms with Crippen molar-refractivity contribution >= 4 is 51.8 Å². The van der Waals surface area contributed by atoms with E-state index in [1.807, 2.05) is 22.2 Å². The number of rotatable bonds is 5. The number of thiazole rings is 1. The molecule has 0 spiro atoms. The molecule has 0 saturated heterocycles. The quantitative estimate of drug-likeness (QED) is 0.709. The average molecular weight is 378 g/mol. The van der Waals surface area contributed by atoms with Crippen molar-refractivity contribution in [2.75, 3.05) is 5.32 Å². The number of carbonyl (C=O) groups excluding carboxylic acids is 2. The highest BCUT2D eigenvalue weighted by atomic mass is 35.5. The molecule has 2 heterocycles. The number of hydrogen-bond acceptors (Lipinski definition) is 5. The summed E-state index contributed by atoms with van der Waals surface area (Å²) in [6.45, 7) is 0. The Morgan fingerprint density at radius 2 is 2.08 bits per heavy atom. The van der Waals surface area contributed by atoms with Crippen molar-refractivity contribution in [1.29, 1.82) is 0 Å². The van der Waals surface area contributed by atoms with Crippen molar-refractivity contribution in [1.82, 2.24) is 4.98 Å². The number of nitrogens with zero attached hydrogens (tertiary/aromatic N) is 1. The monoisotopic (exact) mass is 377 g/mol. The van der Waals surface area contributed by atoms with Gasteiger partial charge in [-0.1, -0.05) is 11.6 Å². The van der Waals surface area contributed by atoms with Crippen LogP contribution in [-0.4, -0.2) is 16.8 Å². The molecule has 122 valence electrons. The largest absolute Gasteiger partial charge is 0.366 e. The van der Waals surface area contributed by atoms with Gasteiger partial charge in [0.2, 0.25) is 11.8 Å². The first-order valence-corrected chi connectivity index (χ1v) is 9.09. The van der Waals surface area contributed by atoms with Crippen molar-refractivity contribution in [3.05, 3.63) is 56.7 Å². The first-order valence-electron chi connectivity index (χ1n) is 6.89. The van der Waals surface area contributed by atoms with Crippen LogP contribution >= 0.6 is 34.3 Å². The van der Waals surface area contributed by atoms with Gasteiger partial charge < -0.3 is 11.1 Å². The normalized spacial score (nSPS) is 10.5. The Kier molecular flexibility index (Phi) is 4.94. The van der Waals surface area contributed by atoms with E-state index in [-0.39, 0.29) is 22.9 Å². The van der Waals surface area contributed by atoms with E-state index in [1.54, 1.807) is 17.4 Å². The number of nitrogens with one attached hydrogen (secondary N) is 1. The average Bonchev–Trinajstić information content (AvgIpc) is 3.19. The minimum absolute atomic E-state index is 0.148. The van der Waals surface area contributed by atoms with Gasteiger partial charge in [0.05, 0.1) is 22.7 Å². The van der Waals surface area contributed by atoms with Crippen LogP contribution in [-0.2, 0) is 11.2 Å². The zero-order valence-corrected chi connectivity index (χ0v) is 14.7. The Balaban J connectivity index is 1.68. The van der Waals surface area contributed by atoms with Gasteiger partial charge in [0.25, 0.3) is 0 Å². The highest BCUT2D eigenvalue weighted by Crippen LogP contribution is 2.26. The first-order chi connectivity index (χ1) is 11.5. The molecule has 0 radical (unpaired) electrons. The molecule has 0 atom stereocenters. The third kappa shape index (κ3) is 3.81. The lowest BCUT2D eigenvalue weighted by atomic mass is 10.2. The Bertz CT molecular complexity index is 891. The van der Waals surface area contributed by atoms with E-state index >= 15 is 0 Å². The van der Waals surface area contributed by atoms with E-state index < -0.39 is 5.91 Å². The topological polar surface area (TPSA) is 85.1 Å². The van der Waals surface area contributed by atoms with Crippen LogP contribution in [0.15, 0.2) is 40.4 Å². The van der Waals surface area contributed by atoms with Crippen LogP contribution in [0.2, 0.25) is 5.02 Å². The van der Waals surface area contributed by atoms with Crippen LogP contribution < -0.4 is 11.1 Å². The summed E-state index contributed by atoms with van der Waals surface area (Å²) in [6, 6.07) is 6.59. The molecule has 24 heavy (non-hydrogen) atoms. The van der Waals surface area contributed by atoms with Crippen molar-refractivity contribution < 1.29 is 9.59 Å². The zero-order valence-electron chi connectivity index (χ0n) is 12.3. The molecular formula is C16H12ClN3O2S2. The van der Waals surface area contributed by atoms with Gasteiger partial charge in [0, 0.05) is 22.0 Å². The lowest BCUT2D eigenvalue weighted by Crippen LogP contribution is -2.16. The predicted molar refractivity (Wildman–Crippen MR) is 97.7 cm³/mol. The van der Waals surface area contributed by atoms with Crippen molar-refractivity contribution in [3.8, 4) is 10.6 Å². The van der Waals surface area contributed by atoms with Crippen LogP contribution in [0.1, 0.15) is 16.1 Å². The molecule has 3 aromatic rings. The van der Waals surface area contributed by atoms with Gasteiger partial charge >= 0.3 is 0 Å². The molecule has 0 bridgehead atoms. The lowest BCUT2D eigenvalue weighted by molar-refractivity contribution is -0.115. The summed E-state index contributed by atoms with van der Waals surface area (Å²) < 4.78 is 0. The molecule has 0 unspecified atom stereocenters. The third-order valence-electron chi connectivity index (χ3n) is 3.18. The second-order valence-electron chi connectivity index (χ2n) is 4.94. The van der Waals surface area contributed by atoms with E-state index in [0.717, 1.165) is 10.6 Å². The first kappa shape index (κ1) is 16.6. The van der Waals surface area contributed by atoms with Gasteiger partial charge in [-0.2, -0.15) is 11.3 Å². The Morgan fingerprint density at radius 3 is 2.79 bits per heavy atom. The fraction of sp³-hybridized carbons (Fsp3) is 0.0625. The minimum Gasteiger partial charge on any atom is -0.366 e. The number of halogens is 1. The number of aromatic nitrogens is 1. The summed E-state index contributed by atoms with van der Waals surface area (Å²) in [4.78, 5) is 27.9. The van der Waals surface area contributed by atoms with E-state index in [2.05, 4.69) is 10.3 Å². The molecule has 2 aromatic heterocycles. The molecule has 0 aliphatic carbocycles. The maximum atomic E-state index is 12.2. The van der Waals surface area contributed by atoms with E-state index in [1.165, 1.54) is 23.5 Å². The number of anilines is 1. The summed E-state index contributed by atoms with van der Waals surface area (Å²) >= 11 is 8.99. The highest BCUT2D eigenvalue weighted by molar-refractivity contribution is 7.14. The minimum atomic E-state index is -0.643. The number of thiophene rings is 1. The summed E-state index contributed by atoms with van der Waals surface area (Å²) in [5.74, 6) is -0.870. The molecule has 3 rings (SSSR count). The molecule has 0 aliphatic heterocycles. The van der Waals surface area contributed by atoms with Gasteiger partial charge in [-0.05, 0) is 29.6 Å². The molecular weight excluding hydrogens is 366 g/mol. The fourth-order valence-electron chi connectivity index (χ4n) is 2.07. The molecule has 3 N–H and O–H groups in total. The van der Waals surface area contributed by atoms with E-state index in [0.29, 0.717) is 11.4 Å². The van der Waals surface area contributed by atoms with Gasteiger partial charge in [0.15, 0.2) is 0 Å². The Labute approximate surface area is 151 Å². The Morgan fingerprint density at radius 1 is 1.25 bits per heavy atom. The highest BCUT2D eigenvalue weighted by Gasteiger charge is 2.12. The van der Waals surface area contributed by atoms with Crippen LogP contribution in [0.5, 0.6) is 0 Å². The third-order valence-corrected chi connectivity index (χ3v) is 5.13. The maximum absolute atomic E-state index is 12.2. The maximum Gasteiger partial charge on any atom is 0.250 e. The number of benzene rings is 1. The number of nitrogens with two attached hydrogens (primary N) is 1. The van der Waals surface area contributed by atoms with Crippen molar-refractivity contribution in [3.63, 3.8) is 0 Å². The molecule has 2 amide bonds. The fourth-order valence-corrected chi connectivity index (χ4v) is 3.81. The molecule has 8 heteroatoms. The SMILES string of the molecule is NC(=O)c1cc(NC(=O)Cc2csc(-c3ccsc3)n2)ccc1Cl. The van der Waals surface area contributed by atoms with Gasteiger partial charge in [-0.15, -0.1) is 11.3 Å². The number of carbonyl (C=O) groups is 2. The molecule has 1 aromatic carbocycles. The van der Waals surface area contributed by atoms with Crippen molar-refractivity contribution in [2.45, 2.75) is 6.42 Å². The van der Waals surface area contributed by atoms with Crippen LogP contribution in [0.4, 0.5) is 5.69 Å². The van der Waals surface area contributed by atoms with Gasteiger partial charge in [-0.25, -0.2) is 4.98 Å². The summed E-state index contributed by atoms with van der Waals surface area (Å²) in [5.41, 5.74) is 7.63. The van der Waals surface area contributed by atoms with E-state index in [9.17, 15) is 9.59 Å². The molecule has 5 nitrogen and oxygen atoms in total. The summed E-state index contributed by atoms with van der Waals surface area (Å²) in [7, 11) is 0. The smallest absolute Gasteiger partial charge is 0.250 e. The second-order valence-corrected chi connectivity index (χ2v) is 6.99. The second kappa shape index (κ2) is 7.12. The van der Waals surface area contributed by atoms with Crippen LogP contribution in [0.25, 0.3) is 10.6 Å². The Hall–Kier alpha value is -2.22. The summed E-state index contributed by atoms with van der Waals surface area (Å²) in [5, 5.41) is 9.73. The van der Waals surface area contributed by atoms with Gasteiger partial charge in [0.1, 0.15) is 5.01 Å². The summed E-state index contributed by atoms with van der Waals surface area (Å²) in [6.07, 6.45) is 0.148. The van der Waals surface area contributed by atoms with Crippen molar-refractivity contribution in [2.24, 2.45) is 5.73 Å². The molecule has 0 fully saturated rings.